The lowest BCUT2D eigenvalue weighted by molar-refractivity contribution is 0.516. The van der Waals surface area contributed by atoms with Gasteiger partial charge in [-0.15, -0.1) is 11.6 Å². The second-order valence-corrected chi connectivity index (χ2v) is 10.4. The first-order valence-electron chi connectivity index (χ1n) is 14.1. The van der Waals surface area contributed by atoms with Crippen LogP contribution in [0.15, 0.2) is 0 Å². The third-order valence-electron chi connectivity index (χ3n) is 6.54. The zero-order valence-corrected chi connectivity index (χ0v) is 22.3. The van der Waals surface area contributed by atoms with E-state index in [9.17, 15) is 0 Å². The van der Waals surface area contributed by atoms with Crippen molar-refractivity contribution in [2.24, 2.45) is 0 Å². The predicted octanol–water partition coefficient (Wildman–Crippen LogP) is 11.3. The minimum absolute atomic E-state index is 0.845. The Morgan fingerprint density at radius 2 is 0.433 bits per heavy atom. The van der Waals surface area contributed by atoms with Crippen LogP contribution in [0.1, 0.15) is 167 Å². The molecule has 0 aromatic carbocycles. The molecule has 0 aliphatic heterocycles. The van der Waals surface area contributed by atoms with E-state index >= 15 is 0 Å². The SMILES string of the molecule is SCCCCCCCCCCCCCCCCCCCCCCCCCCCCCl. The summed E-state index contributed by atoms with van der Waals surface area (Å²) >= 11 is 9.98. The van der Waals surface area contributed by atoms with Crippen LogP contribution in [0.25, 0.3) is 0 Å². The molecule has 0 heterocycles. The maximum absolute atomic E-state index is 5.71. The van der Waals surface area contributed by atoms with Crippen molar-refractivity contribution < 1.29 is 0 Å². The van der Waals surface area contributed by atoms with Gasteiger partial charge in [-0.05, 0) is 18.6 Å². The molecule has 0 spiro atoms. The lowest BCUT2D eigenvalue weighted by Gasteiger charge is -2.04. The lowest BCUT2D eigenvalue weighted by Crippen LogP contribution is -1.85. The number of hydrogen-bond donors (Lipinski definition) is 1. The standard InChI is InChI=1S/C28H57ClS/c29-27-25-23-21-19-17-15-13-11-9-7-5-3-1-2-4-6-8-10-12-14-16-18-20-22-24-26-28-30/h30H,1-28H2. The molecule has 0 aromatic heterocycles. The van der Waals surface area contributed by atoms with Gasteiger partial charge in [-0.1, -0.05) is 154 Å². The van der Waals surface area contributed by atoms with Gasteiger partial charge in [-0.3, -0.25) is 0 Å². The minimum atomic E-state index is 0.845. The predicted molar refractivity (Wildman–Crippen MR) is 145 cm³/mol. The number of thiol groups is 1. The molecule has 0 radical (unpaired) electrons. The molecule has 0 unspecified atom stereocenters. The average Bonchev–Trinajstić information content (AvgIpc) is 2.76. The number of unbranched alkanes of at least 4 members (excludes halogenated alkanes) is 25. The summed E-state index contributed by atoms with van der Waals surface area (Å²) in [6.07, 6.45) is 37.4. The Morgan fingerprint density at radius 3 is 0.600 bits per heavy atom. The minimum Gasteiger partial charge on any atom is -0.179 e. The van der Waals surface area contributed by atoms with Crippen molar-refractivity contribution in [2.75, 3.05) is 11.6 Å². The van der Waals surface area contributed by atoms with Gasteiger partial charge in [0.15, 0.2) is 0 Å². The smallest absolute Gasteiger partial charge is 0.0223 e. The summed E-state index contributed by atoms with van der Waals surface area (Å²) in [6.45, 7) is 0. The molecule has 0 rings (SSSR count). The zero-order valence-electron chi connectivity index (χ0n) is 20.6. The van der Waals surface area contributed by atoms with Crippen molar-refractivity contribution in [1.29, 1.82) is 0 Å². The van der Waals surface area contributed by atoms with E-state index in [1.807, 2.05) is 0 Å². The molecular weight excluding hydrogens is 404 g/mol. The monoisotopic (exact) mass is 460 g/mol. The highest BCUT2D eigenvalue weighted by Crippen LogP contribution is 2.16. The fraction of sp³-hybridized carbons (Fsp3) is 1.00. The van der Waals surface area contributed by atoms with Gasteiger partial charge in [0.25, 0.3) is 0 Å². The highest BCUT2D eigenvalue weighted by atomic mass is 35.5. The molecule has 0 bridgehead atoms. The van der Waals surface area contributed by atoms with Crippen LogP contribution in [0.2, 0.25) is 0 Å². The van der Waals surface area contributed by atoms with E-state index < -0.39 is 0 Å². The summed E-state index contributed by atoms with van der Waals surface area (Å²) in [5.41, 5.74) is 0. The van der Waals surface area contributed by atoms with E-state index in [0.29, 0.717) is 0 Å². The first kappa shape index (κ1) is 30.6. The Bertz CT molecular complexity index is 254. The van der Waals surface area contributed by atoms with Crippen molar-refractivity contribution >= 4 is 24.2 Å². The summed E-state index contributed by atoms with van der Waals surface area (Å²) in [7, 11) is 0. The summed E-state index contributed by atoms with van der Waals surface area (Å²) in [6, 6.07) is 0. The van der Waals surface area contributed by atoms with E-state index in [4.69, 9.17) is 11.6 Å². The molecule has 0 saturated heterocycles. The van der Waals surface area contributed by atoms with Crippen molar-refractivity contribution in [3.8, 4) is 0 Å². The number of halogens is 1. The van der Waals surface area contributed by atoms with Crippen molar-refractivity contribution in [3.63, 3.8) is 0 Å². The van der Waals surface area contributed by atoms with Gasteiger partial charge in [-0.25, -0.2) is 0 Å². The molecule has 0 atom stereocenters. The van der Waals surface area contributed by atoms with Crippen molar-refractivity contribution in [2.45, 2.75) is 167 Å². The van der Waals surface area contributed by atoms with Crippen LogP contribution in [0, 0.1) is 0 Å². The van der Waals surface area contributed by atoms with Crippen molar-refractivity contribution in [3.05, 3.63) is 0 Å². The third-order valence-corrected chi connectivity index (χ3v) is 7.13. The molecule has 30 heavy (non-hydrogen) atoms. The summed E-state index contributed by atoms with van der Waals surface area (Å²) < 4.78 is 0. The Kier molecular flexibility index (Phi) is 30.3. The number of rotatable bonds is 27. The van der Waals surface area contributed by atoms with Gasteiger partial charge in [0, 0.05) is 5.88 Å². The Morgan fingerprint density at radius 1 is 0.267 bits per heavy atom. The first-order valence-corrected chi connectivity index (χ1v) is 15.3. The third kappa shape index (κ3) is 28.6. The second kappa shape index (κ2) is 29.6. The van der Waals surface area contributed by atoms with Crippen LogP contribution in [0.3, 0.4) is 0 Å². The van der Waals surface area contributed by atoms with Gasteiger partial charge >= 0.3 is 0 Å². The molecule has 0 aliphatic carbocycles. The molecule has 0 nitrogen and oxygen atoms in total. The fourth-order valence-corrected chi connectivity index (χ4v) is 4.86. The molecule has 0 N–H and O–H groups in total. The summed E-state index contributed by atoms with van der Waals surface area (Å²) in [5, 5.41) is 0. The van der Waals surface area contributed by atoms with Gasteiger partial charge in [0.1, 0.15) is 0 Å². The maximum atomic E-state index is 5.71. The molecule has 0 aliphatic rings. The summed E-state index contributed by atoms with van der Waals surface area (Å²) in [4.78, 5) is 0. The van der Waals surface area contributed by atoms with E-state index in [-0.39, 0.29) is 0 Å². The Balaban J connectivity index is 2.97. The van der Waals surface area contributed by atoms with Gasteiger partial charge in [0.05, 0.1) is 0 Å². The van der Waals surface area contributed by atoms with E-state index in [1.165, 1.54) is 167 Å². The highest BCUT2D eigenvalue weighted by Gasteiger charge is 1.96. The lowest BCUT2D eigenvalue weighted by atomic mass is 10.0. The Hall–Kier alpha value is 0.640. The highest BCUT2D eigenvalue weighted by molar-refractivity contribution is 7.80. The van der Waals surface area contributed by atoms with Crippen molar-refractivity contribution in [1.82, 2.24) is 0 Å². The van der Waals surface area contributed by atoms with Crippen LogP contribution in [-0.4, -0.2) is 11.6 Å². The topological polar surface area (TPSA) is 0 Å². The molecule has 0 aromatic rings. The fourth-order valence-electron chi connectivity index (χ4n) is 4.45. The zero-order chi connectivity index (χ0) is 21.8. The molecular formula is C28H57ClS. The quantitative estimate of drug-likeness (QED) is 0.0702. The largest absolute Gasteiger partial charge is 0.179 e. The van der Waals surface area contributed by atoms with Gasteiger partial charge < -0.3 is 0 Å². The first-order chi connectivity index (χ1) is 14.9. The average molecular weight is 461 g/mol. The van der Waals surface area contributed by atoms with Crippen LogP contribution in [-0.2, 0) is 0 Å². The molecule has 0 fully saturated rings. The van der Waals surface area contributed by atoms with Crippen LogP contribution < -0.4 is 0 Å². The summed E-state index contributed by atoms with van der Waals surface area (Å²) in [5.74, 6) is 1.91. The van der Waals surface area contributed by atoms with E-state index in [1.54, 1.807) is 0 Å². The van der Waals surface area contributed by atoms with Gasteiger partial charge in [-0.2, -0.15) is 12.6 Å². The van der Waals surface area contributed by atoms with Crippen LogP contribution >= 0.6 is 24.2 Å². The van der Waals surface area contributed by atoms with Crippen LogP contribution in [0.5, 0.6) is 0 Å². The second-order valence-electron chi connectivity index (χ2n) is 9.60. The Labute approximate surface area is 202 Å². The van der Waals surface area contributed by atoms with Gasteiger partial charge in [0.2, 0.25) is 0 Å². The maximum Gasteiger partial charge on any atom is 0.0223 e. The molecule has 0 amide bonds. The molecule has 182 valence electrons. The number of hydrogen-bond acceptors (Lipinski definition) is 1. The number of alkyl halides is 1. The normalized spacial score (nSPS) is 11.4. The van der Waals surface area contributed by atoms with E-state index in [0.717, 1.165) is 11.6 Å². The van der Waals surface area contributed by atoms with E-state index in [2.05, 4.69) is 12.6 Å². The molecule has 0 saturated carbocycles. The van der Waals surface area contributed by atoms with Crippen LogP contribution in [0.4, 0.5) is 0 Å². The molecule has 2 heteroatoms.